The maximum atomic E-state index is 12.9. The van der Waals surface area contributed by atoms with Crippen LogP contribution in [0.2, 0.25) is 0 Å². The second kappa shape index (κ2) is 35.0. The van der Waals surface area contributed by atoms with Gasteiger partial charge in [0.15, 0.2) is 0 Å². The molecule has 0 spiro atoms. The molecule has 0 aromatic carbocycles. The molecule has 50 atom stereocenters. The molecule has 135 heavy (non-hydrogen) atoms. The number of hydrogen-bond acceptors (Lipinski definition) is 32. The third-order valence-electron chi connectivity index (χ3n) is 38.6. The molecular weight excluding hydrogens is 1750 g/mol. The van der Waals surface area contributed by atoms with E-state index in [9.17, 15) is 43.2 Å². The highest BCUT2D eigenvalue weighted by atomic mass is 16.7. The summed E-state index contributed by atoms with van der Waals surface area (Å²) in [5.41, 5.74) is -1.28. The van der Waals surface area contributed by atoms with Gasteiger partial charge in [0.2, 0.25) is 0 Å². The van der Waals surface area contributed by atoms with Crippen LogP contribution >= 0.6 is 0 Å². The number of epoxide rings is 9. The standard InChI is InChI=1S/C36H50O12.C25H36O6.C21H28O8.C21H32O6/c1-15-19-10-22(31-28(19)46-31)25(15)34(37)43-6-4-40-13-18(42-8-9-45-36(39)27-17(3)21-12-24(27)33-30(21)48-33)14-41-5-7-44-35(38)26-16(2)20-11-23(26)32-29(20)47-32;1-11-15-7-13(19-24(15,5)30-19)17(11)21(26)28-9-23(3,4)10-29-22(27)18-12(2)16-8-14(18)20-25(16,6)31-20;1-7-9(13-17-15(28-17)11(7)26-13)19(22)24-5-21(3,4)6-25-20(23)10-8(2)12-16-18(29-16)14(10)27-12;1-11-5-15-17(26-15)7-13(11)19(22)24-9-21(3,4)10-25-20(23)14-8-18-16(27-18)6-12(14)2/h15-33H,4-14H2,1-3H3;11-20H,7-10H2,1-6H3;7-18H,5-6H2,1-4H3;11-18H,5-10H2,1-4H3. The third-order valence-corrected chi connectivity index (χ3v) is 38.6. The SMILES string of the molecule is CC1C(C(=O)OCC(C)(C)COC(=O)C2C(C)C3CC2C2OC32C)C2CC1C1(C)OC21.CC1C2CC(C3OC23)C1C(=O)OCCOCC(COCCOC(=O)C1C(C)C2CC1C1OC21)OCCOC(=O)C1C(C)C2CC1C1OC21.CC1C2OC(C3OC23)C1C(=O)OCC(C)(C)COC(=O)C1C(C)C2OC1C1OC21.CC1CC2OC2CC1C(=O)OCC(C)(C)COC(=O)C1CC2OC2CC1C. The van der Waals surface area contributed by atoms with Crippen LogP contribution in [0, 0.1) is 182 Å². The van der Waals surface area contributed by atoms with Crippen molar-refractivity contribution in [1.29, 1.82) is 0 Å². The second-order valence-electron chi connectivity index (χ2n) is 49.1. The summed E-state index contributed by atoms with van der Waals surface area (Å²) in [5, 5.41) is 0. The number of rotatable bonds is 35. The lowest BCUT2D eigenvalue weighted by Gasteiger charge is -2.31. The molecule has 12 saturated carbocycles. The first kappa shape index (κ1) is 94.6. The van der Waals surface area contributed by atoms with Gasteiger partial charge in [0, 0.05) is 57.7 Å². The van der Waals surface area contributed by atoms with E-state index in [1.165, 1.54) is 0 Å². The van der Waals surface area contributed by atoms with Crippen molar-refractivity contribution in [3.05, 3.63) is 0 Å². The fraction of sp³-hybridized carbons (Fsp3) is 0.913. The molecule has 0 amide bonds. The molecule has 13 heterocycles. The smallest absolute Gasteiger partial charge is 0.312 e. The molecule has 0 radical (unpaired) electrons. The molecule has 32 heteroatoms. The van der Waals surface area contributed by atoms with E-state index in [-0.39, 0.29) is 350 Å². The first-order valence-corrected chi connectivity index (χ1v) is 51.8. The van der Waals surface area contributed by atoms with E-state index in [4.69, 9.17) is 109 Å². The average Bonchev–Trinajstić information content (AvgIpc) is 1.50. The van der Waals surface area contributed by atoms with Crippen molar-refractivity contribution in [2.45, 2.75) is 315 Å². The first-order chi connectivity index (χ1) is 64.3. The number of ether oxygens (including phenoxy) is 23. The van der Waals surface area contributed by atoms with Gasteiger partial charge in [-0.05, 0) is 143 Å². The largest absolute Gasteiger partial charge is 0.465 e. The lowest BCUT2D eigenvalue weighted by Crippen LogP contribution is -2.40. The van der Waals surface area contributed by atoms with Crippen LogP contribution in [-0.2, 0) is 152 Å². The Morgan fingerprint density at radius 1 is 0.274 bits per heavy atom. The van der Waals surface area contributed by atoms with Crippen LogP contribution in [-0.4, -0.2) is 286 Å². The number of carbonyl (C=O) groups is 9. The molecular formula is C103H146O32. The monoisotopic (exact) mass is 1890 g/mol. The fourth-order valence-corrected chi connectivity index (χ4v) is 30.5. The first-order valence-electron chi connectivity index (χ1n) is 51.8. The van der Waals surface area contributed by atoms with Crippen LogP contribution in [0.3, 0.4) is 0 Å². The highest BCUT2D eigenvalue weighted by Gasteiger charge is 2.78. The zero-order valence-corrected chi connectivity index (χ0v) is 81.6. The summed E-state index contributed by atoms with van der Waals surface area (Å²) in [6.07, 6.45) is 11.9. The van der Waals surface area contributed by atoms with Crippen LogP contribution in [0.4, 0.5) is 0 Å². The van der Waals surface area contributed by atoms with Gasteiger partial charge < -0.3 is 109 Å². The molecule has 0 aromatic heterocycles. The van der Waals surface area contributed by atoms with E-state index in [0.29, 0.717) is 95.6 Å². The Balaban J connectivity index is 0.000000108. The maximum Gasteiger partial charge on any atom is 0.312 e. The molecule has 0 aromatic rings. The van der Waals surface area contributed by atoms with E-state index in [1.807, 2.05) is 55.4 Å². The summed E-state index contributed by atoms with van der Waals surface area (Å²) < 4.78 is 132. The van der Waals surface area contributed by atoms with E-state index in [0.717, 1.165) is 57.8 Å². The number of carbonyl (C=O) groups excluding carboxylic acids is 9. The number of esters is 9. The minimum atomic E-state index is -0.480. The molecule has 750 valence electrons. The highest BCUT2D eigenvalue weighted by molar-refractivity contribution is 5.79. The topological polar surface area (TPSA) is 396 Å². The highest BCUT2D eigenvalue weighted by Crippen LogP contribution is 2.71. The summed E-state index contributed by atoms with van der Waals surface area (Å²) in [6.45, 7) is 38.0. The van der Waals surface area contributed by atoms with Gasteiger partial charge in [-0.15, -0.1) is 0 Å². The molecule has 12 aliphatic carbocycles. The Hall–Kier alpha value is -5.33. The summed E-state index contributed by atoms with van der Waals surface area (Å²) in [7, 11) is 0. The Labute approximate surface area is 791 Å². The lowest BCUT2D eigenvalue weighted by molar-refractivity contribution is -0.162. The average molecular weight is 1900 g/mol. The molecule has 50 unspecified atom stereocenters. The van der Waals surface area contributed by atoms with E-state index >= 15 is 0 Å². The van der Waals surface area contributed by atoms with Gasteiger partial charge in [-0.1, -0.05) is 104 Å². The van der Waals surface area contributed by atoms with Crippen molar-refractivity contribution in [3.8, 4) is 0 Å². The molecule has 32 nitrogen and oxygen atoms in total. The predicted molar refractivity (Wildman–Crippen MR) is 466 cm³/mol. The lowest BCUT2D eigenvalue weighted by atomic mass is 9.75. The van der Waals surface area contributed by atoms with Crippen molar-refractivity contribution in [3.63, 3.8) is 0 Å². The Bertz CT molecular complexity index is 4310. The van der Waals surface area contributed by atoms with Gasteiger partial charge in [-0.25, -0.2) is 0 Å². The molecule has 13 aliphatic heterocycles. The van der Waals surface area contributed by atoms with Crippen molar-refractivity contribution in [2.75, 3.05) is 92.5 Å². The van der Waals surface area contributed by atoms with Gasteiger partial charge in [0.05, 0.1) is 223 Å². The minimum Gasteiger partial charge on any atom is -0.465 e. The normalized spacial score (nSPS) is 50.0. The van der Waals surface area contributed by atoms with Crippen molar-refractivity contribution in [2.24, 2.45) is 182 Å². The van der Waals surface area contributed by atoms with Crippen LogP contribution in [0.1, 0.15) is 175 Å². The molecule has 0 N–H and O–H groups in total. The maximum absolute atomic E-state index is 12.9. The van der Waals surface area contributed by atoms with E-state index < -0.39 is 22.3 Å². The Kier molecular flexibility index (Phi) is 24.5. The van der Waals surface area contributed by atoms with Gasteiger partial charge in [-0.2, -0.15) is 0 Å². The van der Waals surface area contributed by atoms with Crippen molar-refractivity contribution in [1.82, 2.24) is 0 Å². The number of fused-ring (bicyclic) bond motifs is 37. The van der Waals surface area contributed by atoms with Crippen LogP contribution in [0.5, 0.6) is 0 Å². The summed E-state index contributed by atoms with van der Waals surface area (Å²) >= 11 is 0. The minimum absolute atomic E-state index is 0.00804. The van der Waals surface area contributed by atoms with Crippen LogP contribution in [0.15, 0.2) is 0 Å². The van der Waals surface area contributed by atoms with Gasteiger partial charge in [0.1, 0.15) is 62.5 Å². The second-order valence-corrected chi connectivity index (χ2v) is 49.1. The summed E-state index contributed by atoms with van der Waals surface area (Å²) in [6, 6.07) is 0. The van der Waals surface area contributed by atoms with Crippen LogP contribution < -0.4 is 0 Å². The molecule has 25 rings (SSSR count). The number of hydrogen-bond donors (Lipinski definition) is 0. The zero-order valence-electron chi connectivity index (χ0n) is 81.6. The molecule has 25 aliphatic rings. The Morgan fingerprint density at radius 3 is 0.889 bits per heavy atom. The molecule has 14 bridgehead atoms. The molecule has 13 saturated heterocycles. The Morgan fingerprint density at radius 2 is 0.556 bits per heavy atom. The molecule has 25 fully saturated rings. The van der Waals surface area contributed by atoms with Gasteiger partial charge in [-0.3, -0.25) is 43.2 Å². The predicted octanol–water partition coefficient (Wildman–Crippen LogP) is 8.69. The van der Waals surface area contributed by atoms with Gasteiger partial charge in [0.25, 0.3) is 0 Å². The van der Waals surface area contributed by atoms with E-state index in [2.05, 4.69) is 62.3 Å². The third kappa shape index (κ3) is 17.3. The van der Waals surface area contributed by atoms with Gasteiger partial charge >= 0.3 is 53.7 Å². The van der Waals surface area contributed by atoms with E-state index in [1.54, 1.807) is 0 Å². The summed E-state index contributed by atoms with van der Waals surface area (Å²) in [5.74, 6) is 3.47. The fourth-order valence-electron chi connectivity index (χ4n) is 30.5. The zero-order chi connectivity index (χ0) is 94.5. The quantitative estimate of drug-likeness (QED) is 0.0248. The van der Waals surface area contributed by atoms with Crippen LogP contribution in [0.25, 0.3) is 0 Å². The van der Waals surface area contributed by atoms with Crippen molar-refractivity contribution >= 4 is 53.7 Å². The van der Waals surface area contributed by atoms with Crippen molar-refractivity contribution < 1.29 is 152 Å². The summed E-state index contributed by atoms with van der Waals surface area (Å²) in [4.78, 5) is 115.